The van der Waals surface area contributed by atoms with Gasteiger partial charge in [-0.05, 0) is 24.5 Å². The van der Waals surface area contributed by atoms with E-state index in [0.29, 0.717) is 5.56 Å². The van der Waals surface area contributed by atoms with Gasteiger partial charge in [-0.3, -0.25) is 0 Å². The van der Waals surface area contributed by atoms with Crippen LogP contribution in [0.25, 0.3) is 10.1 Å². The van der Waals surface area contributed by atoms with Gasteiger partial charge < -0.3 is 4.74 Å². The molecule has 0 amide bonds. The minimum Gasteiger partial charge on any atom is -0.465 e. The van der Waals surface area contributed by atoms with E-state index in [9.17, 15) is 4.79 Å². The van der Waals surface area contributed by atoms with E-state index < -0.39 is 0 Å². The van der Waals surface area contributed by atoms with Crippen molar-refractivity contribution in [2.24, 2.45) is 0 Å². The lowest BCUT2D eigenvalue weighted by molar-refractivity contribution is 0.0601. The van der Waals surface area contributed by atoms with Gasteiger partial charge in [-0.1, -0.05) is 0 Å². The van der Waals surface area contributed by atoms with Crippen molar-refractivity contribution in [2.75, 3.05) is 13.4 Å². The predicted molar refractivity (Wildman–Crippen MR) is 72.2 cm³/mol. The number of methoxy groups -OCH3 is 1. The summed E-state index contributed by atoms with van der Waals surface area (Å²) in [7, 11) is 1.38. The molecule has 16 heavy (non-hydrogen) atoms. The quantitative estimate of drug-likeness (QED) is 0.512. The fourth-order valence-corrected chi connectivity index (χ4v) is 3.84. The number of esters is 1. The Morgan fingerprint density at radius 2 is 2.25 bits per heavy atom. The summed E-state index contributed by atoms with van der Waals surface area (Å²) in [5, 5.41) is 1.01. The third kappa shape index (κ3) is 1.95. The third-order valence-electron chi connectivity index (χ3n) is 2.24. The van der Waals surface area contributed by atoms with Crippen molar-refractivity contribution in [3.8, 4) is 0 Å². The van der Waals surface area contributed by atoms with Gasteiger partial charge in [0, 0.05) is 15.0 Å². The second-order valence-electron chi connectivity index (χ2n) is 3.14. The first kappa shape index (κ1) is 11.8. The highest BCUT2D eigenvalue weighted by atomic mass is 32.2. The van der Waals surface area contributed by atoms with Crippen LogP contribution in [0.5, 0.6) is 0 Å². The maximum absolute atomic E-state index is 11.4. The Bertz CT molecular complexity index is 545. The van der Waals surface area contributed by atoms with Gasteiger partial charge in [-0.2, -0.15) is 0 Å². The van der Waals surface area contributed by atoms with E-state index >= 15 is 0 Å². The van der Waals surface area contributed by atoms with Crippen molar-refractivity contribution < 1.29 is 9.53 Å². The molecule has 0 spiro atoms. The Kier molecular flexibility index (Phi) is 3.47. The van der Waals surface area contributed by atoms with Crippen LogP contribution in [0.3, 0.4) is 0 Å². The van der Waals surface area contributed by atoms with Crippen LogP contribution in [0, 0.1) is 0 Å². The molecule has 1 aromatic heterocycles. The molecule has 0 radical (unpaired) electrons. The molecule has 2 nitrogen and oxygen atoms in total. The number of hydrogen-bond acceptors (Lipinski definition) is 5. The molecule has 0 saturated carbocycles. The van der Waals surface area contributed by atoms with Crippen LogP contribution in [-0.2, 0) is 4.74 Å². The lowest BCUT2D eigenvalue weighted by Gasteiger charge is -1.99. The van der Waals surface area contributed by atoms with E-state index in [4.69, 9.17) is 4.74 Å². The fraction of sp³-hybridized carbons (Fsp3) is 0.182. The van der Waals surface area contributed by atoms with E-state index in [1.807, 2.05) is 18.4 Å². The summed E-state index contributed by atoms with van der Waals surface area (Å²) in [6.07, 6.45) is 2.02. The maximum atomic E-state index is 11.4. The van der Waals surface area contributed by atoms with Crippen LogP contribution >= 0.6 is 35.7 Å². The molecule has 0 aliphatic rings. The van der Waals surface area contributed by atoms with Gasteiger partial charge in [0.25, 0.3) is 0 Å². The largest absolute Gasteiger partial charge is 0.465 e. The molecule has 0 unspecified atom stereocenters. The summed E-state index contributed by atoms with van der Waals surface area (Å²) >= 11 is 7.83. The molecule has 0 atom stereocenters. The Morgan fingerprint density at radius 1 is 1.50 bits per heavy atom. The zero-order valence-electron chi connectivity index (χ0n) is 8.81. The Hall–Kier alpha value is -0.650. The molecule has 84 valence electrons. The number of rotatable bonds is 2. The lowest BCUT2D eigenvalue weighted by atomic mass is 10.2. The highest BCUT2D eigenvalue weighted by molar-refractivity contribution is 8.01. The van der Waals surface area contributed by atoms with Gasteiger partial charge in [0.1, 0.15) is 0 Å². The van der Waals surface area contributed by atoms with E-state index in [1.54, 1.807) is 29.2 Å². The zero-order valence-corrected chi connectivity index (χ0v) is 11.3. The molecule has 0 aliphatic heterocycles. The van der Waals surface area contributed by atoms with Crippen molar-refractivity contribution in [3.63, 3.8) is 0 Å². The highest BCUT2D eigenvalue weighted by Crippen LogP contribution is 2.39. The van der Waals surface area contributed by atoms with Gasteiger partial charge in [0.2, 0.25) is 0 Å². The predicted octanol–water partition coefficient (Wildman–Crippen LogP) is 3.70. The molecular weight excluding hydrogens is 260 g/mol. The van der Waals surface area contributed by atoms with E-state index in [-0.39, 0.29) is 5.97 Å². The number of fused-ring (bicyclic) bond motifs is 1. The second-order valence-corrected chi connectivity index (χ2v) is 5.72. The van der Waals surface area contributed by atoms with Crippen molar-refractivity contribution in [2.45, 2.75) is 9.10 Å². The first-order valence-corrected chi connectivity index (χ1v) is 7.04. The number of ether oxygens (including phenoxy) is 1. The molecule has 1 heterocycles. The van der Waals surface area contributed by atoms with Crippen molar-refractivity contribution in [1.82, 2.24) is 0 Å². The number of thiol groups is 1. The molecule has 2 aromatic rings. The van der Waals surface area contributed by atoms with Gasteiger partial charge in [0.05, 0.1) is 16.9 Å². The minimum atomic E-state index is -0.313. The topological polar surface area (TPSA) is 26.3 Å². The van der Waals surface area contributed by atoms with Crippen LogP contribution in [0.1, 0.15) is 10.4 Å². The fourth-order valence-electron chi connectivity index (χ4n) is 1.45. The smallest absolute Gasteiger partial charge is 0.337 e. The van der Waals surface area contributed by atoms with Crippen LogP contribution in [0.2, 0.25) is 0 Å². The first-order chi connectivity index (χ1) is 7.67. The van der Waals surface area contributed by atoms with Gasteiger partial charge in [0.15, 0.2) is 0 Å². The second kappa shape index (κ2) is 4.69. The van der Waals surface area contributed by atoms with Crippen molar-refractivity contribution in [3.05, 3.63) is 23.8 Å². The molecule has 0 bridgehead atoms. The van der Waals surface area contributed by atoms with E-state index in [2.05, 4.69) is 12.6 Å². The Morgan fingerprint density at radius 3 is 2.88 bits per heavy atom. The van der Waals surface area contributed by atoms with Gasteiger partial charge in [-0.15, -0.1) is 35.7 Å². The maximum Gasteiger partial charge on any atom is 0.337 e. The van der Waals surface area contributed by atoms with Crippen LogP contribution < -0.4 is 0 Å². The number of benzene rings is 1. The monoisotopic (exact) mass is 270 g/mol. The molecule has 0 saturated heterocycles. The Labute approximate surface area is 107 Å². The normalized spacial score (nSPS) is 10.7. The average molecular weight is 270 g/mol. The number of carbonyl (C=O) groups excluding carboxylic acids is 1. The summed E-state index contributed by atoms with van der Waals surface area (Å²) in [5.74, 6) is -0.313. The van der Waals surface area contributed by atoms with Crippen LogP contribution in [0.4, 0.5) is 0 Å². The summed E-state index contributed by atoms with van der Waals surface area (Å²) in [5.41, 5.74) is 0.566. The summed E-state index contributed by atoms with van der Waals surface area (Å²) in [6, 6.07) is 5.55. The summed E-state index contributed by atoms with van der Waals surface area (Å²) < 4.78 is 7.00. The SMILES string of the molecule is COC(=O)c1ccc2sc(SC)c(S)c2c1. The van der Waals surface area contributed by atoms with Crippen LogP contribution in [-0.4, -0.2) is 19.3 Å². The van der Waals surface area contributed by atoms with Gasteiger partial charge in [-0.25, -0.2) is 4.79 Å². The van der Waals surface area contributed by atoms with E-state index in [0.717, 1.165) is 15.0 Å². The van der Waals surface area contributed by atoms with Crippen LogP contribution in [0.15, 0.2) is 27.3 Å². The highest BCUT2D eigenvalue weighted by Gasteiger charge is 2.12. The molecule has 2 rings (SSSR count). The average Bonchev–Trinajstić information content (AvgIpc) is 2.64. The molecule has 1 aromatic carbocycles. The first-order valence-electron chi connectivity index (χ1n) is 4.55. The van der Waals surface area contributed by atoms with Crippen molar-refractivity contribution in [1.29, 1.82) is 0 Å². The Balaban J connectivity index is 2.61. The van der Waals surface area contributed by atoms with Crippen molar-refractivity contribution >= 4 is 51.8 Å². The van der Waals surface area contributed by atoms with Gasteiger partial charge >= 0.3 is 5.97 Å². The lowest BCUT2D eigenvalue weighted by Crippen LogP contribution is -2.00. The molecule has 0 aliphatic carbocycles. The summed E-state index contributed by atoms with van der Waals surface area (Å²) in [6.45, 7) is 0. The molecule has 0 fully saturated rings. The molecule has 0 N–H and O–H groups in total. The number of carbonyl (C=O) groups is 1. The minimum absolute atomic E-state index is 0.313. The summed E-state index contributed by atoms with van der Waals surface area (Å²) in [4.78, 5) is 12.3. The van der Waals surface area contributed by atoms with E-state index in [1.165, 1.54) is 11.3 Å². The number of hydrogen-bond donors (Lipinski definition) is 1. The molecule has 5 heteroatoms. The third-order valence-corrected chi connectivity index (χ3v) is 5.29. The molecular formula is C11H10O2S3. The zero-order chi connectivity index (χ0) is 11.7. The number of thiophene rings is 1. The standard InChI is InChI=1S/C11H10O2S3/c1-13-10(12)6-3-4-8-7(5-6)9(14)11(15-2)16-8/h3-5,14H,1-2H3. The number of thioether (sulfide) groups is 1.